The van der Waals surface area contributed by atoms with Gasteiger partial charge in [-0.15, -0.1) is 0 Å². The van der Waals surface area contributed by atoms with Crippen LogP contribution in [-0.2, 0) is 11.2 Å². The third-order valence-corrected chi connectivity index (χ3v) is 4.70. The molecule has 0 saturated heterocycles. The molecule has 140 valence electrons. The number of aromatic nitrogens is 1. The van der Waals surface area contributed by atoms with Crippen LogP contribution < -0.4 is 4.90 Å². The molecule has 0 radical (unpaired) electrons. The Kier molecular flexibility index (Phi) is 5.75. The maximum Gasteiger partial charge on any atom is 0.227 e. The van der Waals surface area contributed by atoms with Crippen LogP contribution in [0.4, 0.5) is 5.69 Å². The molecule has 0 spiro atoms. The highest BCUT2D eigenvalue weighted by Crippen LogP contribution is 2.24. The van der Waals surface area contributed by atoms with Gasteiger partial charge in [-0.1, -0.05) is 47.5 Å². The van der Waals surface area contributed by atoms with E-state index in [1.807, 2.05) is 55.1 Å². The van der Waals surface area contributed by atoms with Crippen LogP contribution in [0, 0.1) is 20.8 Å². The number of carbonyl (C=O) groups is 1. The number of benzene rings is 2. The SMILES string of the molecule is CCN(C(=O)CCc1ncc(-c2ccc(C)cc2)o1)c1ccc(C)cc1C. The summed E-state index contributed by atoms with van der Waals surface area (Å²) in [6.07, 6.45) is 2.59. The van der Waals surface area contributed by atoms with Crippen LogP contribution in [0.1, 0.15) is 35.9 Å². The summed E-state index contributed by atoms with van der Waals surface area (Å²) < 4.78 is 5.84. The first-order valence-corrected chi connectivity index (χ1v) is 9.37. The molecule has 3 rings (SSSR count). The Morgan fingerprint density at radius 3 is 2.41 bits per heavy atom. The molecule has 0 aliphatic rings. The lowest BCUT2D eigenvalue weighted by atomic mass is 10.1. The number of rotatable bonds is 6. The van der Waals surface area contributed by atoms with Gasteiger partial charge in [-0.25, -0.2) is 4.98 Å². The van der Waals surface area contributed by atoms with Gasteiger partial charge in [-0.05, 0) is 39.3 Å². The molecule has 0 unspecified atom stereocenters. The Labute approximate surface area is 160 Å². The van der Waals surface area contributed by atoms with Gasteiger partial charge in [0.25, 0.3) is 0 Å². The molecule has 27 heavy (non-hydrogen) atoms. The van der Waals surface area contributed by atoms with Gasteiger partial charge in [0.1, 0.15) is 0 Å². The van der Waals surface area contributed by atoms with E-state index in [0.29, 0.717) is 25.3 Å². The molecular weight excluding hydrogens is 336 g/mol. The minimum Gasteiger partial charge on any atom is -0.441 e. The van der Waals surface area contributed by atoms with Crippen molar-refractivity contribution in [2.24, 2.45) is 0 Å². The molecule has 0 fully saturated rings. The highest BCUT2D eigenvalue weighted by molar-refractivity contribution is 5.94. The van der Waals surface area contributed by atoms with Gasteiger partial charge < -0.3 is 9.32 Å². The summed E-state index contributed by atoms with van der Waals surface area (Å²) in [5.74, 6) is 1.41. The number of anilines is 1. The molecule has 4 nitrogen and oxygen atoms in total. The largest absolute Gasteiger partial charge is 0.441 e. The Hall–Kier alpha value is -2.88. The summed E-state index contributed by atoms with van der Waals surface area (Å²) in [5.41, 5.74) is 5.48. The fourth-order valence-electron chi connectivity index (χ4n) is 3.22. The van der Waals surface area contributed by atoms with E-state index in [4.69, 9.17) is 4.42 Å². The minimum atomic E-state index is 0.0829. The molecule has 1 aromatic heterocycles. The molecule has 1 amide bonds. The zero-order chi connectivity index (χ0) is 19.4. The predicted molar refractivity (Wildman–Crippen MR) is 109 cm³/mol. The van der Waals surface area contributed by atoms with E-state index in [1.165, 1.54) is 11.1 Å². The zero-order valence-corrected chi connectivity index (χ0v) is 16.5. The number of oxazole rings is 1. The average molecular weight is 362 g/mol. The van der Waals surface area contributed by atoms with Crippen LogP contribution in [0.25, 0.3) is 11.3 Å². The van der Waals surface area contributed by atoms with Gasteiger partial charge in [0.15, 0.2) is 11.7 Å². The molecule has 1 heterocycles. The Balaban J connectivity index is 1.67. The van der Waals surface area contributed by atoms with Crippen LogP contribution in [0.5, 0.6) is 0 Å². The molecule has 0 bridgehead atoms. The minimum absolute atomic E-state index is 0.0829. The summed E-state index contributed by atoms with van der Waals surface area (Å²) in [4.78, 5) is 18.9. The van der Waals surface area contributed by atoms with E-state index >= 15 is 0 Å². The van der Waals surface area contributed by atoms with Crippen LogP contribution in [0.15, 0.2) is 53.1 Å². The molecule has 0 atom stereocenters. The lowest BCUT2D eigenvalue weighted by Crippen LogP contribution is -2.31. The fraction of sp³-hybridized carbons (Fsp3) is 0.304. The topological polar surface area (TPSA) is 46.3 Å². The monoisotopic (exact) mass is 362 g/mol. The number of hydrogen-bond donors (Lipinski definition) is 0. The lowest BCUT2D eigenvalue weighted by molar-refractivity contribution is -0.118. The second-order valence-corrected chi connectivity index (χ2v) is 6.91. The molecule has 4 heteroatoms. The third kappa shape index (κ3) is 4.45. The van der Waals surface area contributed by atoms with Crippen molar-refractivity contribution in [2.45, 2.75) is 40.5 Å². The first kappa shape index (κ1) is 18.9. The Bertz CT molecular complexity index is 926. The molecule has 0 saturated carbocycles. The molecule has 0 N–H and O–H groups in total. The van der Waals surface area contributed by atoms with Crippen molar-refractivity contribution in [1.29, 1.82) is 0 Å². The predicted octanol–water partition coefficient (Wildman–Crippen LogP) is 5.25. The van der Waals surface area contributed by atoms with E-state index in [-0.39, 0.29) is 5.91 Å². The van der Waals surface area contributed by atoms with Crippen molar-refractivity contribution in [3.05, 3.63) is 71.2 Å². The Morgan fingerprint density at radius 2 is 1.74 bits per heavy atom. The van der Waals surface area contributed by atoms with E-state index in [1.54, 1.807) is 6.20 Å². The summed E-state index contributed by atoms with van der Waals surface area (Å²) in [5, 5.41) is 0. The molecule has 0 aliphatic heterocycles. The maximum atomic E-state index is 12.8. The summed E-state index contributed by atoms with van der Waals surface area (Å²) >= 11 is 0. The fourth-order valence-corrected chi connectivity index (χ4v) is 3.22. The van der Waals surface area contributed by atoms with Gasteiger partial charge in [-0.2, -0.15) is 0 Å². The number of amides is 1. The van der Waals surface area contributed by atoms with E-state index in [9.17, 15) is 4.79 Å². The van der Waals surface area contributed by atoms with Gasteiger partial charge in [-0.3, -0.25) is 4.79 Å². The van der Waals surface area contributed by atoms with Crippen molar-refractivity contribution in [3.8, 4) is 11.3 Å². The number of hydrogen-bond acceptors (Lipinski definition) is 3. The average Bonchev–Trinajstić information content (AvgIpc) is 3.12. The van der Waals surface area contributed by atoms with Crippen LogP contribution in [0.2, 0.25) is 0 Å². The van der Waals surface area contributed by atoms with Crippen molar-refractivity contribution in [2.75, 3.05) is 11.4 Å². The molecule has 0 aliphatic carbocycles. The van der Waals surface area contributed by atoms with Crippen molar-refractivity contribution < 1.29 is 9.21 Å². The van der Waals surface area contributed by atoms with Crippen molar-refractivity contribution in [1.82, 2.24) is 4.98 Å². The molecular formula is C23H26N2O2. The van der Waals surface area contributed by atoms with Crippen LogP contribution in [0.3, 0.4) is 0 Å². The standard InChI is InChI=1S/C23H26N2O2/c1-5-25(20-11-8-17(3)14-18(20)4)23(26)13-12-22-24-15-21(27-22)19-9-6-16(2)7-10-19/h6-11,14-15H,5,12-13H2,1-4H3. The van der Waals surface area contributed by atoms with Gasteiger partial charge in [0.2, 0.25) is 5.91 Å². The summed E-state index contributed by atoms with van der Waals surface area (Å²) in [7, 11) is 0. The second-order valence-electron chi connectivity index (χ2n) is 6.91. The first-order chi connectivity index (χ1) is 13.0. The summed E-state index contributed by atoms with van der Waals surface area (Å²) in [6.45, 7) is 8.79. The van der Waals surface area contributed by atoms with Gasteiger partial charge in [0, 0.05) is 30.6 Å². The van der Waals surface area contributed by atoms with E-state index in [2.05, 4.69) is 24.9 Å². The van der Waals surface area contributed by atoms with Crippen molar-refractivity contribution >= 4 is 11.6 Å². The highest BCUT2D eigenvalue weighted by Gasteiger charge is 2.17. The highest BCUT2D eigenvalue weighted by atomic mass is 16.4. The molecule has 2 aromatic carbocycles. The van der Waals surface area contributed by atoms with Gasteiger partial charge in [0.05, 0.1) is 6.20 Å². The third-order valence-electron chi connectivity index (χ3n) is 4.70. The Morgan fingerprint density at radius 1 is 1.04 bits per heavy atom. The van der Waals surface area contributed by atoms with E-state index in [0.717, 1.165) is 22.6 Å². The molecule has 3 aromatic rings. The quantitative estimate of drug-likeness (QED) is 0.601. The van der Waals surface area contributed by atoms with Crippen LogP contribution in [-0.4, -0.2) is 17.4 Å². The number of carbonyl (C=O) groups excluding carboxylic acids is 1. The smallest absolute Gasteiger partial charge is 0.227 e. The van der Waals surface area contributed by atoms with E-state index < -0.39 is 0 Å². The lowest BCUT2D eigenvalue weighted by Gasteiger charge is -2.23. The van der Waals surface area contributed by atoms with Crippen LogP contribution >= 0.6 is 0 Å². The van der Waals surface area contributed by atoms with Gasteiger partial charge >= 0.3 is 0 Å². The van der Waals surface area contributed by atoms with Crippen molar-refractivity contribution in [3.63, 3.8) is 0 Å². The number of aryl methyl sites for hydroxylation is 4. The summed E-state index contributed by atoms with van der Waals surface area (Å²) in [6, 6.07) is 14.3. The first-order valence-electron chi connectivity index (χ1n) is 9.37. The zero-order valence-electron chi connectivity index (χ0n) is 16.5. The number of nitrogens with zero attached hydrogens (tertiary/aromatic N) is 2. The normalized spacial score (nSPS) is 10.8. The maximum absolute atomic E-state index is 12.8. The second kappa shape index (κ2) is 8.21.